The maximum Gasteiger partial charge on any atom is 0.339 e. The van der Waals surface area contributed by atoms with Gasteiger partial charge in [-0.25, -0.2) is 14.5 Å². The van der Waals surface area contributed by atoms with Gasteiger partial charge in [-0.15, -0.1) is 0 Å². The van der Waals surface area contributed by atoms with Gasteiger partial charge in [0.2, 0.25) is 5.91 Å². The Morgan fingerprint density at radius 3 is 2.78 bits per heavy atom. The van der Waals surface area contributed by atoms with Crippen molar-refractivity contribution in [3.8, 4) is 0 Å². The van der Waals surface area contributed by atoms with Gasteiger partial charge in [-0.3, -0.25) is 4.79 Å². The third-order valence-corrected chi connectivity index (χ3v) is 4.61. The maximum atomic E-state index is 12.3. The molecule has 4 rings (SSSR count). The van der Waals surface area contributed by atoms with E-state index in [2.05, 4.69) is 10.1 Å². The van der Waals surface area contributed by atoms with Gasteiger partial charge in [-0.05, 0) is 6.07 Å². The van der Waals surface area contributed by atoms with Gasteiger partial charge in [0, 0.05) is 31.5 Å². The van der Waals surface area contributed by atoms with Crippen molar-refractivity contribution >= 4 is 11.9 Å². The molecule has 23 heavy (non-hydrogen) atoms. The number of hydrogen-bond acceptors (Lipinski definition) is 5. The zero-order chi connectivity index (χ0) is 15.9. The van der Waals surface area contributed by atoms with Gasteiger partial charge in [0.05, 0.1) is 5.56 Å². The molecule has 118 valence electrons. The fourth-order valence-corrected chi connectivity index (χ4v) is 3.39. The van der Waals surface area contributed by atoms with E-state index in [0.29, 0.717) is 31.5 Å². The molecule has 0 unspecified atom stereocenters. The fourth-order valence-electron chi connectivity index (χ4n) is 3.39. The van der Waals surface area contributed by atoms with E-state index in [0.717, 1.165) is 5.56 Å². The number of esters is 1. The van der Waals surface area contributed by atoms with E-state index in [1.165, 1.54) is 17.3 Å². The second kappa shape index (κ2) is 5.19. The minimum atomic E-state index is -0.572. The molecule has 2 aliphatic rings. The van der Waals surface area contributed by atoms with Crippen LogP contribution in [0.2, 0.25) is 0 Å². The van der Waals surface area contributed by atoms with Crippen LogP contribution in [0.5, 0.6) is 0 Å². The normalized spacial score (nSPS) is 18.8. The SMILES string of the molecule is O=C1OC2(CCN(C(=O)Cn3cncn3)CC2)c2ccccc21. The molecule has 3 heterocycles. The highest BCUT2D eigenvalue weighted by atomic mass is 16.6. The molecular formula is C16H16N4O3. The molecule has 0 bridgehead atoms. The van der Waals surface area contributed by atoms with E-state index < -0.39 is 5.60 Å². The predicted molar refractivity (Wildman–Crippen MR) is 79.4 cm³/mol. The zero-order valence-electron chi connectivity index (χ0n) is 12.5. The number of rotatable bonds is 2. The van der Waals surface area contributed by atoms with Crippen molar-refractivity contribution in [2.75, 3.05) is 13.1 Å². The summed E-state index contributed by atoms with van der Waals surface area (Å²) in [5.41, 5.74) is 1.03. The lowest BCUT2D eigenvalue weighted by molar-refractivity contribution is -0.136. The summed E-state index contributed by atoms with van der Waals surface area (Å²) in [7, 11) is 0. The molecule has 7 nitrogen and oxygen atoms in total. The van der Waals surface area contributed by atoms with Crippen LogP contribution in [0.3, 0.4) is 0 Å². The number of piperidine rings is 1. The van der Waals surface area contributed by atoms with Crippen LogP contribution in [0, 0.1) is 0 Å². The summed E-state index contributed by atoms with van der Waals surface area (Å²) in [5, 5.41) is 3.95. The quantitative estimate of drug-likeness (QED) is 0.772. The summed E-state index contributed by atoms with van der Waals surface area (Å²) in [6, 6.07) is 7.52. The Morgan fingerprint density at radius 2 is 2.04 bits per heavy atom. The standard InChI is InChI=1S/C16H16N4O3/c21-14(9-20-11-17-10-18-20)19-7-5-16(6-8-19)13-4-2-1-3-12(13)15(22)23-16/h1-4,10-11H,5-9H2. The lowest BCUT2D eigenvalue weighted by Gasteiger charge is -2.38. The second-order valence-electron chi connectivity index (χ2n) is 5.90. The van der Waals surface area contributed by atoms with Crippen LogP contribution in [0.1, 0.15) is 28.8 Å². The minimum absolute atomic E-state index is 0.00274. The number of aromatic nitrogens is 3. The van der Waals surface area contributed by atoms with Crippen molar-refractivity contribution in [2.45, 2.75) is 25.0 Å². The average molecular weight is 312 g/mol. The first-order chi connectivity index (χ1) is 11.2. The van der Waals surface area contributed by atoms with Crippen LogP contribution >= 0.6 is 0 Å². The molecule has 2 aliphatic heterocycles. The highest BCUT2D eigenvalue weighted by Gasteiger charge is 2.47. The Kier molecular flexibility index (Phi) is 3.14. The van der Waals surface area contributed by atoms with Gasteiger partial charge >= 0.3 is 5.97 Å². The van der Waals surface area contributed by atoms with E-state index in [1.54, 1.807) is 11.0 Å². The molecule has 0 aliphatic carbocycles. The Hall–Kier alpha value is -2.70. The number of carbonyl (C=O) groups is 2. The number of likely N-dealkylation sites (tertiary alicyclic amines) is 1. The van der Waals surface area contributed by atoms with E-state index >= 15 is 0 Å². The number of benzene rings is 1. The number of ether oxygens (including phenoxy) is 1. The highest BCUT2D eigenvalue weighted by molar-refractivity contribution is 5.94. The Bertz CT molecular complexity index is 748. The molecule has 1 aromatic carbocycles. The topological polar surface area (TPSA) is 77.3 Å². The molecular weight excluding hydrogens is 296 g/mol. The molecule has 7 heteroatoms. The highest BCUT2D eigenvalue weighted by Crippen LogP contribution is 2.43. The van der Waals surface area contributed by atoms with Crippen molar-refractivity contribution in [3.05, 3.63) is 48.0 Å². The summed E-state index contributed by atoms with van der Waals surface area (Å²) < 4.78 is 7.20. The summed E-state index contributed by atoms with van der Waals surface area (Å²) in [6.45, 7) is 1.31. The largest absolute Gasteiger partial charge is 0.450 e. The summed E-state index contributed by atoms with van der Waals surface area (Å²) in [6.07, 6.45) is 4.18. The molecule has 2 aromatic rings. The van der Waals surface area contributed by atoms with Crippen molar-refractivity contribution in [3.63, 3.8) is 0 Å². The summed E-state index contributed by atoms with van der Waals surface area (Å²) >= 11 is 0. The molecule has 0 radical (unpaired) electrons. The summed E-state index contributed by atoms with van der Waals surface area (Å²) in [5.74, 6) is -0.258. The third kappa shape index (κ3) is 2.28. The van der Waals surface area contributed by atoms with Crippen LogP contribution in [0.15, 0.2) is 36.9 Å². The number of amides is 1. The first-order valence-electron chi connectivity index (χ1n) is 7.61. The van der Waals surface area contributed by atoms with Crippen molar-refractivity contribution in [1.29, 1.82) is 0 Å². The predicted octanol–water partition coefficient (Wildman–Crippen LogP) is 0.966. The Balaban J connectivity index is 1.47. The van der Waals surface area contributed by atoms with Crippen LogP contribution in [0.4, 0.5) is 0 Å². The number of fused-ring (bicyclic) bond motifs is 2. The zero-order valence-corrected chi connectivity index (χ0v) is 12.5. The van der Waals surface area contributed by atoms with E-state index in [1.807, 2.05) is 18.2 Å². The molecule has 0 saturated carbocycles. The van der Waals surface area contributed by atoms with Gasteiger partial charge in [0.25, 0.3) is 0 Å². The van der Waals surface area contributed by atoms with Crippen LogP contribution in [-0.4, -0.2) is 44.6 Å². The lowest BCUT2D eigenvalue weighted by Crippen LogP contribution is -2.46. The molecule has 0 atom stereocenters. The smallest absolute Gasteiger partial charge is 0.339 e. The van der Waals surface area contributed by atoms with E-state index in [-0.39, 0.29) is 18.4 Å². The van der Waals surface area contributed by atoms with Crippen molar-refractivity contribution in [2.24, 2.45) is 0 Å². The monoisotopic (exact) mass is 312 g/mol. The van der Waals surface area contributed by atoms with Crippen LogP contribution < -0.4 is 0 Å². The molecule has 1 fully saturated rings. The Morgan fingerprint density at radius 1 is 1.26 bits per heavy atom. The van der Waals surface area contributed by atoms with E-state index in [4.69, 9.17) is 4.74 Å². The molecule has 1 amide bonds. The summed E-state index contributed by atoms with van der Waals surface area (Å²) in [4.78, 5) is 30.0. The number of nitrogens with zero attached hydrogens (tertiary/aromatic N) is 4. The average Bonchev–Trinajstić information content (AvgIpc) is 3.16. The van der Waals surface area contributed by atoms with Gasteiger partial charge in [-0.1, -0.05) is 18.2 Å². The van der Waals surface area contributed by atoms with Crippen LogP contribution in [0.25, 0.3) is 0 Å². The third-order valence-electron chi connectivity index (χ3n) is 4.61. The van der Waals surface area contributed by atoms with Crippen LogP contribution in [-0.2, 0) is 21.7 Å². The van der Waals surface area contributed by atoms with Crippen molar-refractivity contribution < 1.29 is 14.3 Å². The van der Waals surface area contributed by atoms with Gasteiger partial charge < -0.3 is 9.64 Å². The molecule has 0 N–H and O–H groups in total. The van der Waals surface area contributed by atoms with Gasteiger partial charge in [0.1, 0.15) is 24.8 Å². The first-order valence-corrected chi connectivity index (χ1v) is 7.61. The number of carbonyl (C=O) groups excluding carboxylic acids is 2. The van der Waals surface area contributed by atoms with Gasteiger partial charge in [-0.2, -0.15) is 5.10 Å². The van der Waals surface area contributed by atoms with Crippen molar-refractivity contribution in [1.82, 2.24) is 19.7 Å². The maximum absolute atomic E-state index is 12.3. The first kappa shape index (κ1) is 13.9. The molecule has 1 saturated heterocycles. The molecule has 1 spiro atoms. The second-order valence-corrected chi connectivity index (χ2v) is 5.90. The molecule has 1 aromatic heterocycles. The Labute approximate surface area is 132 Å². The van der Waals surface area contributed by atoms with E-state index in [9.17, 15) is 9.59 Å². The van der Waals surface area contributed by atoms with Gasteiger partial charge in [0.15, 0.2) is 0 Å². The lowest BCUT2D eigenvalue weighted by atomic mass is 9.84. The fraction of sp³-hybridized carbons (Fsp3) is 0.375. The minimum Gasteiger partial charge on any atom is -0.450 e. The number of hydrogen-bond donors (Lipinski definition) is 0.